The van der Waals surface area contributed by atoms with E-state index in [-0.39, 0.29) is 10.1 Å². The van der Waals surface area contributed by atoms with Crippen molar-refractivity contribution in [3.8, 4) is 0 Å². The van der Waals surface area contributed by atoms with Gasteiger partial charge in [0.2, 0.25) is 8.32 Å². The molecule has 148 valence electrons. The summed E-state index contributed by atoms with van der Waals surface area (Å²) in [6, 6.07) is 0. The van der Waals surface area contributed by atoms with E-state index in [0.717, 1.165) is 0 Å². The molecule has 25 heavy (non-hydrogen) atoms. The summed E-state index contributed by atoms with van der Waals surface area (Å²) in [7, 11) is -2.07. The summed E-state index contributed by atoms with van der Waals surface area (Å²) < 4.78 is 7.24. The Morgan fingerprint density at radius 2 is 1.40 bits per heavy atom. The van der Waals surface area contributed by atoms with Gasteiger partial charge in [-0.15, -0.1) is 0 Å². The van der Waals surface area contributed by atoms with Crippen molar-refractivity contribution in [2.45, 2.75) is 130 Å². The van der Waals surface area contributed by atoms with E-state index < -0.39 is 8.32 Å². The van der Waals surface area contributed by atoms with Crippen LogP contribution in [0.25, 0.3) is 0 Å². The third kappa shape index (κ3) is 4.80. The quantitative estimate of drug-likeness (QED) is 0.311. The predicted octanol–water partition coefficient (Wildman–Crippen LogP) is 8.19. The molecule has 1 aliphatic heterocycles. The molecule has 2 atom stereocenters. The van der Waals surface area contributed by atoms with Gasteiger partial charge in [0, 0.05) is 5.92 Å². The van der Waals surface area contributed by atoms with Gasteiger partial charge in [0.1, 0.15) is 0 Å². The van der Waals surface area contributed by atoms with Gasteiger partial charge in [0.25, 0.3) is 0 Å². The largest absolute Gasteiger partial charge is 0.408 e. The molecule has 0 aliphatic carbocycles. The third-order valence-electron chi connectivity index (χ3n) is 6.06. The van der Waals surface area contributed by atoms with E-state index in [4.69, 9.17) is 4.43 Å². The first-order valence-electron chi connectivity index (χ1n) is 10.9. The highest BCUT2D eigenvalue weighted by molar-refractivity contribution is 6.86. The molecule has 2 heteroatoms. The topological polar surface area (TPSA) is 9.23 Å². The van der Waals surface area contributed by atoms with E-state index >= 15 is 0 Å². The van der Waals surface area contributed by atoms with Crippen molar-refractivity contribution in [3.05, 3.63) is 11.3 Å². The Balaban J connectivity index is 3.46. The van der Waals surface area contributed by atoms with Crippen molar-refractivity contribution >= 4 is 8.32 Å². The van der Waals surface area contributed by atoms with E-state index in [0.29, 0.717) is 12.0 Å². The van der Waals surface area contributed by atoms with Gasteiger partial charge in [-0.1, -0.05) is 106 Å². The smallest absolute Gasteiger partial charge is 0.231 e. The van der Waals surface area contributed by atoms with Gasteiger partial charge in [-0.3, -0.25) is 0 Å². The van der Waals surface area contributed by atoms with Crippen LogP contribution >= 0.6 is 0 Å². The lowest BCUT2D eigenvalue weighted by atomic mass is 9.92. The first-order chi connectivity index (χ1) is 11.6. The second-order valence-corrected chi connectivity index (χ2v) is 15.4. The molecule has 0 N–H and O–H groups in total. The Kier molecular flexibility index (Phi) is 8.46. The van der Waals surface area contributed by atoms with Crippen LogP contribution in [0, 0.1) is 5.92 Å². The minimum atomic E-state index is -2.07. The molecule has 0 bridgehead atoms. The van der Waals surface area contributed by atoms with Crippen LogP contribution in [0.15, 0.2) is 11.3 Å². The van der Waals surface area contributed by atoms with Crippen LogP contribution in [0.3, 0.4) is 0 Å². The average Bonchev–Trinajstić information content (AvgIpc) is 2.80. The van der Waals surface area contributed by atoms with E-state index in [2.05, 4.69) is 68.4 Å². The molecular formula is C23H46OSi. The molecule has 0 aromatic rings. The maximum Gasteiger partial charge on any atom is 0.231 e. The Bertz CT molecular complexity index is 410. The van der Waals surface area contributed by atoms with Gasteiger partial charge in [-0.2, -0.15) is 0 Å². The maximum absolute atomic E-state index is 7.24. The van der Waals surface area contributed by atoms with Crippen LogP contribution in [0.4, 0.5) is 0 Å². The fraction of sp³-hybridized carbons (Fsp3) is 0.913. The molecule has 1 rings (SSSR count). The molecule has 1 saturated heterocycles. The Morgan fingerprint density at radius 3 is 1.84 bits per heavy atom. The van der Waals surface area contributed by atoms with Crippen LogP contribution in [0.2, 0.25) is 10.1 Å². The second kappa shape index (κ2) is 9.22. The highest BCUT2D eigenvalue weighted by Gasteiger charge is 2.64. The summed E-state index contributed by atoms with van der Waals surface area (Å²) in [5.41, 5.74) is 0. The van der Waals surface area contributed by atoms with Gasteiger partial charge < -0.3 is 4.43 Å². The van der Waals surface area contributed by atoms with Crippen molar-refractivity contribution in [2.75, 3.05) is 0 Å². The van der Waals surface area contributed by atoms with Gasteiger partial charge in [0.05, 0.1) is 6.10 Å². The summed E-state index contributed by atoms with van der Waals surface area (Å²) in [5.74, 6) is 0.668. The first-order valence-corrected chi connectivity index (χ1v) is 12.9. The average molecular weight is 367 g/mol. The van der Waals surface area contributed by atoms with Crippen LogP contribution in [-0.2, 0) is 4.43 Å². The second-order valence-electron chi connectivity index (χ2n) is 10.2. The molecule has 0 aromatic heterocycles. The summed E-state index contributed by atoms with van der Waals surface area (Å²) in [6.45, 7) is 21.6. The lowest BCUT2D eigenvalue weighted by Crippen LogP contribution is -2.54. The summed E-state index contributed by atoms with van der Waals surface area (Å²) in [5, 5.41) is 2.24. The van der Waals surface area contributed by atoms with Crippen molar-refractivity contribution in [3.63, 3.8) is 0 Å². The van der Waals surface area contributed by atoms with Gasteiger partial charge >= 0.3 is 0 Å². The molecule has 0 amide bonds. The number of unbranched alkanes of at least 4 members (excludes halogenated alkanes) is 3. The Hall–Kier alpha value is -0.0831. The molecule has 0 unspecified atom stereocenters. The standard InChI is InChI=1S/C23H46OSi/c1-10-13-15-18-21-19(17-14-11-2)20(16-12-3)24-25(21,22(4,5)6)23(7,8)9/h18-20H,10-17H2,1-9H3/b21-18+/t19-,20-/m0/s1. The summed E-state index contributed by atoms with van der Waals surface area (Å²) >= 11 is 0. The fourth-order valence-electron chi connectivity index (χ4n) is 5.25. The van der Waals surface area contributed by atoms with E-state index in [1.54, 1.807) is 5.20 Å². The molecule has 1 fully saturated rings. The van der Waals surface area contributed by atoms with Crippen molar-refractivity contribution in [1.82, 2.24) is 0 Å². The molecule has 0 spiro atoms. The molecule has 1 aliphatic rings. The van der Waals surface area contributed by atoms with Crippen LogP contribution in [0.1, 0.15) is 114 Å². The molecule has 1 nitrogen and oxygen atoms in total. The van der Waals surface area contributed by atoms with E-state index in [1.165, 1.54) is 51.4 Å². The van der Waals surface area contributed by atoms with Crippen molar-refractivity contribution in [2.24, 2.45) is 5.92 Å². The molecule has 0 aromatic carbocycles. The third-order valence-corrected chi connectivity index (χ3v) is 12.3. The molecular weight excluding hydrogens is 320 g/mol. The van der Waals surface area contributed by atoms with Crippen LogP contribution < -0.4 is 0 Å². The molecule has 0 radical (unpaired) electrons. The number of hydrogen-bond acceptors (Lipinski definition) is 1. The monoisotopic (exact) mass is 366 g/mol. The van der Waals surface area contributed by atoms with Crippen molar-refractivity contribution in [1.29, 1.82) is 0 Å². The fourth-order valence-corrected chi connectivity index (χ4v) is 12.1. The molecule has 1 heterocycles. The molecule has 0 saturated carbocycles. The minimum Gasteiger partial charge on any atom is -0.408 e. The normalized spacial score (nSPS) is 25.7. The number of allylic oxidation sites excluding steroid dienone is 1. The zero-order valence-electron chi connectivity index (χ0n) is 18.8. The Morgan fingerprint density at radius 1 is 0.840 bits per heavy atom. The van der Waals surface area contributed by atoms with Gasteiger partial charge in [-0.05, 0) is 29.3 Å². The van der Waals surface area contributed by atoms with E-state index in [9.17, 15) is 0 Å². The Labute approximate surface area is 160 Å². The summed E-state index contributed by atoms with van der Waals surface area (Å²) in [4.78, 5) is 0. The van der Waals surface area contributed by atoms with Gasteiger partial charge in [-0.25, -0.2) is 0 Å². The first kappa shape index (κ1) is 23.0. The zero-order valence-corrected chi connectivity index (χ0v) is 19.8. The lowest BCUT2D eigenvalue weighted by Gasteiger charge is -2.49. The lowest BCUT2D eigenvalue weighted by molar-refractivity contribution is 0.146. The van der Waals surface area contributed by atoms with Crippen LogP contribution in [0.5, 0.6) is 0 Å². The van der Waals surface area contributed by atoms with Crippen molar-refractivity contribution < 1.29 is 4.43 Å². The van der Waals surface area contributed by atoms with Gasteiger partial charge in [0.15, 0.2) is 0 Å². The SMILES string of the molecule is CCCC/C=C1\[C@@H](CCCC)[C@H](CCC)O[Si]1(C(C)(C)C)C(C)(C)C. The predicted molar refractivity (Wildman–Crippen MR) is 116 cm³/mol. The highest BCUT2D eigenvalue weighted by Crippen LogP contribution is 2.62. The van der Waals surface area contributed by atoms with E-state index in [1.807, 2.05) is 0 Å². The number of rotatable bonds is 8. The summed E-state index contributed by atoms with van der Waals surface area (Å²) in [6.07, 6.45) is 13.3. The van der Waals surface area contributed by atoms with Crippen LogP contribution in [-0.4, -0.2) is 14.4 Å². The minimum absolute atomic E-state index is 0.232. The highest BCUT2D eigenvalue weighted by atomic mass is 28.4. The maximum atomic E-state index is 7.24. The number of hydrogen-bond donors (Lipinski definition) is 0. The zero-order chi connectivity index (χ0) is 19.3.